The van der Waals surface area contributed by atoms with Crippen LogP contribution in [0.25, 0.3) is 0 Å². The molecule has 3 nitrogen and oxygen atoms in total. The van der Waals surface area contributed by atoms with Gasteiger partial charge in [0.2, 0.25) is 0 Å². The number of furan rings is 1. The summed E-state index contributed by atoms with van der Waals surface area (Å²) in [6, 6.07) is 1.78. The summed E-state index contributed by atoms with van der Waals surface area (Å²) >= 11 is 0. The lowest BCUT2D eigenvalue weighted by Crippen LogP contribution is -2.20. The summed E-state index contributed by atoms with van der Waals surface area (Å²) in [5, 5.41) is 0. The molecule has 0 bridgehead atoms. The smallest absolute Gasteiger partial charge is 0.165 e. The van der Waals surface area contributed by atoms with Gasteiger partial charge >= 0.3 is 0 Å². The molecule has 0 saturated carbocycles. The number of Topliss-reactive ketones (excluding diaryl/α,β-unsaturated/α-hetero) is 1. The SMILES string of the molecule is COC(C)C(=O)Cc1ccoc1. The third kappa shape index (κ3) is 2.20. The molecule has 1 aromatic rings. The zero-order chi connectivity index (χ0) is 8.97. The second kappa shape index (κ2) is 4.07. The molecule has 0 aliphatic carbocycles. The van der Waals surface area contributed by atoms with Gasteiger partial charge in [-0.05, 0) is 18.6 Å². The van der Waals surface area contributed by atoms with Crippen molar-refractivity contribution in [1.29, 1.82) is 0 Å². The van der Waals surface area contributed by atoms with Crippen LogP contribution in [0.2, 0.25) is 0 Å². The van der Waals surface area contributed by atoms with Gasteiger partial charge in [-0.15, -0.1) is 0 Å². The topological polar surface area (TPSA) is 39.4 Å². The molecule has 1 unspecified atom stereocenters. The van der Waals surface area contributed by atoms with Crippen LogP contribution in [0.1, 0.15) is 12.5 Å². The van der Waals surface area contributed by atoms with E-state index in [1.54, 1.807) is 25.5 Å². The summed E-state index contributed by atoms with van der Waals surface area (Å²) in [7, 11) is 1.53. The number of carbonyl (C=O) groups excluding carboxylic acids is 1. The van der Waals surface area contributed by atoms with Gasteiger partial charge in [0.05, 0.1) is 12.5 Å². The predicted molar refractivity (Wildman–Crippen MR) is 43.9 cm³/mol. The normalized spacial score (nSPS) is 12.8. The third-order valence-corrected chi connectivity index (χ3v) is 1.77. The van der Waals surface area contributed by atoms with Gasteiger partial charge in [0, 0.05) is 13.5 Å². The lowest BCUT2D eigenvalue weighted by atomic mass is 10.1. The number of hydrogen-bond donors (Lipinski definition) is 0. The van der Waals surface area contributed by atoms with Crippen LogP contribution in [-0.4, -0.2) is 19.0 Å². The van der Waals surface area contributed by atoms with Gasteiger partial charge in [-0.3, -0.25) is 4.79 Å². The van der Waals surface area contributed by atoms with Crippen molar-refractivity contribution >= 4 is 5.78 Å². The number of rotatable bonds is 4. The van der Waals surface area contributed by atoms with Crippen LogP contribution in [0.3, 0.4) is 0 Å². The van der Waals surface area contributed by atoms with E-state index in [0.29, 0.717) is 6.42 Å². The Kier molecular flexibility index (Phi) is 3.05. The van der Waals surface area contributed by atoms with Crippen molar-refractivity contribution in [1.82, 2.24) is 0 Å². The molecule has 1 heterocycles. The Hall–Kier alpha value is -1.09. The van der Waals surface area contributed by atoms with Crippen molar-refractivity contribution in [3.05, 3.63) is 24.2 Å². The monoisotopic (exact) mass is 168 g/mol. The molecule has 0 saturated heterocycles. The maximum Gasteiger partial charge on any atom is 0.165 e. The summed E-state index contributed by atoms with van der Waals surface area (Å²) in [4.78, 5) is 11.3. The molecule has 0 spiro atoms. The van der Waals surface area contributed by atoms with Gasteiger partial charge in [-0.2, -0.15) is 0 Å². The molecule has 1 aromatic heterocycles. The standard InChI is InChI=1S/C9H12O3/c1-7(11-2)9(10)5-8-3-4-12-6-8/h3-4,6-7H,5H2,1-2H3. The van der Waals surface area contributed by atoms with Crippen molar-refractivity contribution in [3.63, 3.8) is 0 Å². The Bertz CT molecular complexity index is 238. The van der Waals surface area contributed by atoms with Crippen molar-refractivity contribution < 1.29 is 13.9 Å². The second-order valence-corrected chi connectivity index (χ2v) is 2.65. The van der Waals surface area contributed by atoms with E-state index < -0.39 is 0 Å². The minimum Gasteiger partial charge on any atom is -0.472 e. The summed E-state index contributed by atoms with van der Waals surface area (Å²) < 4.78 is 9.72. The van der Waals surface area contributed by atoms with Gasteiger partial charge in [-0.1, -0.05) is 0 Å². The van der Waals surface area contributed by atoms with Crippen LogP contribution in [0.4, 0.5) is 0 Å². The molecule has 0 aromatic carbocycles. The fourth-order valence-electron chi connectivity index (χ4n) is 0.870. The maximum absolute atomic E-state index is 11.3. The van der Waals surface area contributed by atoms with Crippen molar-refractivity contribution in [2.45, 2.75) is 19.4 Å². The van der Waals surface area contributed by atoms with E-state index in [9.17, 15) is 4.79 Å². The van der Waals surface area contributed by atoms with Crippen molar-refractivity contribution in [3.8, 4) is 0 Å². The van der Waals surface area contributed by atoms with Crippen LogP contribution in [-0.2, 0) is 16.0 Å². The molecule has 1 rings (SSSR count). The molecule has 12 heavy (non-hydrogen) atoms. The Morgan fingerprint density at radius 1 is 1.75 bits per heavy atom. The molecular weight excluding hydrogens is 156 g/mol. The van der Waals surface area contributed by atoms with E-state index >= 15 is 0 Å². The van der Waals surface area contributed by atoms with E-state index in [1.165, 1.54) is 7.11 Å². The Labute approximate surface area is 71.3 Å². The summed E-state index contributed by atoms with van der Waals surface area (Å²) in [6.07, 6.45) is 3.17. The number of carbonyl (C=O) groups is 1. The highest BCUT2D eigenvalue weighted by Gasteiger charge is 2.12. The van der Waals surface area contributed by atoms with E-state index in [1.807, 2.05) is 0 Å². The zero-order valence-corrected chi connectivity index (χ0v) is 7.24. The molecular formula is C9H12O3. The van der Waals surface area contributed by atoms with Gasteiger partial charge in [0.15, 0.2) is 5.78 Å². The van der Waals surface area contributed by atoms with Crippen LogP contribution in [0, 0.1) is 0 Å². The second-order valence-electron chi connectivity index (χ2n) is 2.65. The zero-order valence-electron chi connectivity index (χ0n) is 7.24. The Morgan fingerprint density at radius 3 is 3.00 bits per heavy atom. The van der Waals surface area contributed by atoms with E-state index in [-0.39, 0.29) is 11.9 Å². The molecule has 1 atom stereocenters. The Morgan fingerprint density at radius 2 is 2.50 bits per heavy atom. The maximum atomic E-state index is 11.3. The lowest BCUT2D eigenvalue weighted by Gasteiger charge is -2.05. The first-order valence-corrected chi connectivity index (χ1v) is 3.80. The molecule has 0 aliphatic rings. The van der Waals surface area contributed by atoms with Crippen LogP contribution >= 0.6 is 0 Å². The van der Waals surface area contributed by atoms with Gasteiger partial charge in [-0.25, -0.2) is 0 Å². The predicted octanol–water partition coefficient (Wildman–Crippen LogP) is 1.43. The van der Waals surface area contributed by atoms with Gasteiger partial charge in [0.25, 0.3) is 0 Å². The van der Waals surface area contributed by atoms with E-state index in [2.05, 4.69) is 0 Å². The molecule has 0 N–H and O–H groups in total. The fourth-order valence-corrected chi connectivity index (χ4v) is 0.870. The first-order chi connectivity index (χ1) is 5.74. The lowest BCUT2D eigenvalue weighted by molar-refractivity contribution is -0.127. The average molecular weight is 168 g/mol. The number of ether oxygens (including phenoxy) is 1. The average Bonchev–Trinajstić information content (AvgIpc) is 2.55. The van der Waals surface area contributed by atoms with Crippen LogP contribution in [0.5, 0.6) is 0 Å². The molecule has 3 heteroatoms. The van der Waals surface area contributed by atoms with E-state index in [4.69, 9.17) is 9.15 Å². The van der Waals surface area contributed by atoms with Crippen LogP contribution < -0.4 is 0 Å². The third-order valence-electron chi connectivity index (χ3n) is 1.77. The van der Waals surface area contributed by atoms with E-state index in [0.717, 1.165) is 5.56 Å². The number of methoxy groups -OCH3 is 1. The largest absolute Gasteiger partial charge is 0.472 e. The quantitative estimate of drug-likeness (QED) is 0.682. The first-order valence-electron chi connectivity index (χ1n) is 3.80. The summed E-state index contributed by atoms with van der Waals surface area (Å²) in [5.74, 6) is 0.0684. The molecule has 0 amide bonds. The molecule has 0 radical (unpaired) electrons. The summed E-state index contributed by atoms with van der Waals surface area (Å²) in [6.45, 7) is 1.74. The van der Waals surface area contributed by atoms with Crippen molar-refractivity contribution in [2.24, 2.45) is 0 Å². The highest BCUT2D eigenvalue weighted by Crippen LogP contribution is 2.04. The highest BCUT2D eigenvalue weighted by molar-refractivity contribution is 5.84. The first kappa shape index (κ1) is 9.00. The van der Waals surface area contributed by atoms with Gasteiger partial charge in [0.1, 0.15) is 6.10 Å². The fraction of sp³-hybridized carbons (Fsp3) is 0.444. The minimum atomic E-state index is -0.333. The molecule has 0 aliphatic heterocycles. The summed E-state index contributed by atoms with van der Waals surface area (Å²) in [5.41, 5.74) is 0.893. The van der Waals surface area contributed by atoms with Crippen LogP contribution in [0.15, 0.2) is 23.0 Å². The van der Waals surface area contributed by atoms with Crippen molar-refractivity contribution in [2.75, 3.05) is 7.11 Å². The minimum absolute atomic E-state index is 0.0684. The number of ketones is 1. The number of hydrogen-bond acceptors (Lipinski definition) is 3. The molecule has 0 fully saturated rings. The Balaban J connectivity index is 2.47. The molecule has 66 valence electrons. The van der Waals surface area contributed by atoms with Gasteiger partial charge < -0.3 is 9.15 Å². The highest BCUT2D eigenvalue weighted by atomic mass is 16.5.